The summed E-state index contributed by atoms with van der Waals surface area (Å²) < 4.78 is 0. The summed E-state index contributed by atoms with van der Waals surface area (Å²) in [5.41, 5.74) is 0.594. The molecule has 2 aliphatic rings. The highest BCUT2D eigenvalue weighted by Gasteiger charge is 2.51. The third-order valence-electron chi connectivity index (χ3n) is 3.70. The fourth-order valence-corrected chi connectivity index (χ4v) is 2.85. The molecule has 0 aromatic heterocycles. The van der Waals surface area contributed by atoms with Gasteiger partial charge in [0.05, 0.1) is 5.69 Å². The molecule has 2 atom stereocenters. The summed E-state index contributed by atoms with van der Waals surface area (Å²) >= 11 is 5.81. The number of fused-ring (bicyclic) bond motifs is 1. The number of nitrogens with zero attached hydrogens (tertiary/aromatic N) is 2. The number of rotatable bonds is 1. The average Bonchev–Trinajstić information content (AvgIpc) is 2.83. The van der Waals surface area contributed by atoms with E-state index in [0.29, 0.717) is 17.3 Å². The standard InChI is InChI=1S/C13H13ClN2O2/c1-8-6-7-15-11(8)12(17)16(13(15)18)10-4-2-9(14)3-5-10/h2-5,8,11H,6-7H2,1H3. The van der Waals surface area contributed by atoms with Crippen molar-refractivity contribution in [1.82, 2.24) is 4.90 Å². The highest BCUT2D eigenvalue weighted by atomic mass is 35.5. The van der Waals surface area contributed by atoms with Crippen molar-refractivity contribution < 1.29 is 9.59 Å². The van der Waals surface area contributed by atoms with E-state index >= 15 is 0 Å². The normalized spacial score (nSPS) is 27.0. The van der Waals surface area contributed by atoms with Crippen molar-refractivity contribution in [2.24, 2.45) is 5.92 Å². The van der Waals surface area contributed by atoms with Crippen molar-refractivity contribution in [2.45, 2.75) is 19.4 Å². The number of amides is 3. The SMILES string of the molecule is CC1CCN2C(=O)N(c3ccc(Cl)cc3)C(=O)C12. The van der Waals surface area contributed by atoms with E-state index in [1.54, 1.807) is 29.2 Å². The Labute approximate surface area is 110 Å². The Bertz CT molecular complexity index is 514. The third kappa shape index (κ3) is 1.52. The molecule has 3 amide bonds. The van der Waals surface area contributed by atoms with Crippen molar-refractivity contribution >= 4 is 29.2 Å². The molecule has 1 aromatic rings. The van der Waals surface area contributed by atoms with E-state index in [1.807, 2.05) is 6.92 Å². The van der Waals surface area contributed by atoms with E-state index in [1.165, 1.54) is 4.90 Å². The number of imide groups is 1. The lowest BCUT2D eigenvalue weighted by Crippen LogP contribution is -2.33. The van der Waals surface area contributed by atoms with E-state index in [9.17, 15) is 9.59 Å². The van der Waals surface area contributed by atoms with Crippen LogP contribution >= 0.6 is 11.6 Å². The number of hydrogen-bond acceptors (Lipinski definition) is 2. The van der Waals surface area contributed by atoms with Crippen LogP contribution in [0.5, 0.6) is 0 Å². The van der Waals surface area contributed by atoms with Crippen LogP contribution in [0.4, 0.5) is 10.5 Å². The van der Waals surface area contributed by atoms with E-state index in [4.69, 9.17) is 11.6 Å². The van der Waals surface area contributed by atoms with Gasteiger partial charge >= 0.3 is 6.03 Å². The van der Waals surface area contributed by atoms with Gasteiger partial charge in [-0.15, -0.1) is 0 Å². The van der Waals surface area contributed by atoms with Crippen molar-refractivity contribution in [3.63, 3.8) is 0 Å². The Morgan fingerprint density at radius 2 is 1.89 bits per heavy atom. The minimum atomic E-state index is -0.284. The summed E-state index contributed by atoms with van der Waals surface area (Å²) in [6.45, 7) is 2.68. The molecule has 0 saturated carbocycles. The molecule has 0 N–H and O–H groups in total. The number of carbonyl (C=O) groups excluding carboxylic acids is 2. The zero-order valence-corrected chi connectivity index (χ0v) is 10.7. The van der Waals surface area contributed by atoms with Crippen LogP contribution in [0.25, 0.3) is 0 Å². The van der Waals surface area contributed by atoms with Gasteiger partial charge in [0.1, 0.15) is 6.04 Å². The molecule has 3 rings (SSSR count). The molecule has 18 heavy (non-hydrogen) atoms. The quantitative estimate of drug-likeness (QED) is 0.732. The van der Waals surface area contributed by atoms with Crippen LogP contribution in [-0.2, 0) is 4.79 Å². The molecule has 4 nitrogen and oxygen atoms in total. The van der Waals surface area contributed by atoms with Crippen molar-refractivity contribution in [3.05, 3.63) is 29.3 Å². The average molecular weight is 265 g/mol. The van der Waals surface area contributed by atoms with Crippen LogP contribution in [0.15, 0.2) is 24.3 Å². The minimum absolute atomic E-state index is 0.118. The molecule has 1 aromatic carbocycles. The third-order valence-corrected chi connectivity index (χ3v) is 3.95. The number of anilines is 1. The molecule has 94 valence electrons. The van der Waals surface area contributed by atoms with Gasteiger partial charge in [-0.2, -0.15) is 0 Å². The Morgan fingerprint density at radius 1 is 1.22 bits per heavy atom. The number of carbonyl (C=O) groups is 2. The lowest BCUT2D eigenvalue weighted by atomic mass is 10.0. The van der Waals surface area contributed by atoms with Gasteiger partial charge in [-0.05, 0) is 36.6 Å². The Kier molecular flexibility index (Phi) is 2.55. The molecule has 5 heteroatoms. The first-order valence-electron chi connectivity index (χ1n) is 6.00. The highest BCUT2D eigenvalue weighted by Crippen LogP contribution is 2.34. The van der Waals surface area contributed by atoms with E-state index in [0.717, 1.165) is 6.42 Å². The topological polar surface area (TPSA) is 40.6 Å². The van der Waals surface area contributed by atoms with Crippen molar-refractivity contribution in [3.8, 4) is 0 Å². The molecule has 2 heterocycles. The number of urea groups is 1. The zero-order valence-electron chi connectivity index (χ0n) is 9.97. The maximum absolute atomic E-state index is 12.3. The Balaban J connectivity index is 1.97. The summed E-state index contributed by atoms with van der Waals surface area (Å²) in [5.74, 6) is 0.117. The highest BCUT2D eigenvalue weighted by molar-refractivity contribution is 6.30. The molecule has 2 saturated heterocycles. The van der Waals surface area contributed by atoms with E-state index in [2.05, 4.69) is 0 Å². The lowest BCUT2D eigenvalue weighted by molar-refractivity contribution is -0.120. The largest absolute Gasteiger partial charge is 0.332 e. The van der Waals surface area contributed by atoms with Crippen LogP contribution < -0.4 is 4.90 Å². The number of benzene rings is 1. The molecular weight excluding hydrogens is 252 g/mol. The van der Waals surface area contributed by atoms with Crippen LogP contribution in [0.2, 0.25) is 5.02 Å². The second kappa shape index (κ2) is 3.99. The van der Waals surface area contributed by atoms with Crippen LogP contribution in [-0.4, -0.2) is 29.4 Å². The molecule has 0 spiro atoms. The summed E-state index contributed by atoms with van der Waals surface area (Å²) in [5, 5.41) is 0.590. The Hall–Kier alpha value is -1.55. The monoisotopic (exact) mass is 264 g/mol. The summed E-state index contributed by atoms with van der Waals surface area (Å²) in [4.78, 5) is 27.5. The molecular formula is C13H13ClN2O2. The minimum Gasteiger partial charge on any atom is -0.312 e. The van der Waals surface area contributed by atoms with Gasteiger partial charge in [-0.1, -0.05) is 18.5 Å². The fraction of sp³-hybridized carbons (Fsp3) is 0.385. The number of halogens is 1. The van der Waals surface area contributed by atoms with Crippen LogP contribution in [0.1, 0.15) is 13.3 Å². The van der Waals surface area contributed by atoms with Crippen LogP contribution in [0.3, 0.4) is 0 Å². The summed E-state index contributed by atoms with van der Waals surface area (Å²) in [6.07, 6.45) is 0.899. The molecule has 2 unspecified atom stereocenters. The smallest absolute Gasteiger partial charge is 0.312 e. The fourth-order valence-electron chi connectivity index (χ4n) is 2.72. The maximum atomic E-state index is 12.3. The predicted molar refractivity (Wildman–Crippen MR) is 68.6 cm³/mol. The first-order chi connectivity index (χ1) is 8.59. The van der Waals surface area contributed by atoms with Crippen molar-refractivity contribution in [2.75, 3.05) is 11.4 Å². The zero-order chi connectivity index (χ0) is 12.9. The van der Waals surface area contributed by atoms with Gasteiger partial charge < -0.3 is 4.90 Å². The lowest BCUT2D eigenvalue weighted by Gasteiger charge is -2.15. The van der Waals surface area contributed by atoms with Gasteiger partial charge in [-0.3, -0.25) is 4.79 Å². The Morgan fingerprint density at radius 3 is 2.50 bits per heavy atom. The second-order valence-electron chi connectivity index (χ2n) is 4.84. The molecule has 2 aliphatic heterocycles. The molecule has 0 bridgehead atoms. The molecule has 2 fully saturated rings. The van der Waals surface area contributed by atoms with Gasteiger partial charge in [0.15, 0.2) is 0 Å². The van der Waals surface area contributed by atoms with Gasteiger partial charge in [0.2, 0.25) is 0 Å². The summed E-state index contributed by atoms with van der Waals surface area (Å²) in [6, 6.07) is 6.27. The molecule has 0 radical (unpaired) electrons. The first-order valence-corrected chi connectivity index (χ1v) is 6.37. The number of hydrogen-bond donors (Lipinski definition) is 0. The van der Waals surface area contributed by atoms with E-state index in [-0.39, 0.29) is 23.9 Å². The van der Waals surface area contributed by atoms with Crippen molar-refractivity contribution in [1.29, 1.82) is 0 Å². The summed E-state index contributed by atoms with van der Waals surface area (Å²) in [7, 11) is 0. The molecule has 0 aliphatic carbocycles. The van der Waals surface area contributed by atoms with E-state index < -0.39 is 0 Å². The first kappa shape index (κ1) is 11.5. The van der Waals surface area contributed by atoms with Gasteiger partial charge in [0.25, 0.3) is 5.91 Å². The predicted octanol–water partition coefficient (Wildman–Crippen LogP) is 2.52. The second-order valence-corrected chi connectivity index (χ2v) is 5.27. The van der Waals surface area contributed by atoms with Crippen LogP contribution in [0, 0.1) is 5.92 Å². The van der Waals surface area contributed by atoms with Gasteiger partial charge in [-0.25, -0.2) is 9.69 Å². The van der Waals surface area contributed by atoms with Gasteiger partial charge in [0, 0.05) is 11.6 Å². The maximum Gasteiger partial charge on any atom is 0.332 e.